The predicted octanol–water partition coefficient (Wildman–Crippen LogP) is 4.12. The van der Waals surface area contributed by atoms with Crippen LogP contribution in [0.4, 0.5) is 0 Å². The van der Waals surface area contributed by atoms with Crippen LogP contribution < -0.4 is 9.47 Å². The van der Waals surface area contributed by atoms with Gasteiger partial charge in [-0.25, -0.2) is 0 Å². The molecule has 0 radical (unpaired) electrons. The van der Waals surface area contributed by atoms with Crippen LogP contribution >= 0.6 is 15.9 Å². The number of carbonyl (C=O) groups is 1. The first kappa shape index (κ1) is 13.9. The van der Waals surface area contributed by atoms with E-state index in [1.165, 1.54) is 0 Å². The van der Waals surface area contributed by atoms with Crippen LogP contribution in [0.5, 0.6) is 11.5 Å². The van der Waals surface area contributed by atoms with E-state index in [1.54, 1.807) is 24.3 Å². The smallest absolute Gasteiger partial charge is 0.185 e. The minimum Gasteiger partial charge on any atom is -0.486 e. The zero-order valence-electron chi connectivity index (χ0n) is 11.2. The number of hydrogen-bond acceptors (Lipinski definition) is 3. The molecule has 2 aromatic carbocycles. The minimum atomic E-state index is -0.0302. The lowest BCUT2D eigenvalue weighted by molar-refractivity contribution is 0.104. The first-order valence-electron chi connectivity index (χ1n) is 6.60. The Hall–Kier alpha value is -2.07. The summed E-state index contributed by atoms with van der Waals surface area (Å²) in [4.78, 5) is 12.1. The second-order valence-corrected chi connectivity index (χ2v) is 5.52. The molecular formula is C17H13BrO3. The van der Waals surface area contributed by atoms with Crippen LogP contribution in [-0.2, 0) is 0 Å². The van der Waals surface area contributed by atoms with Crippen molar-refractivity contribution in [3.05, 3.63) is 64.1 Å². The van der Waals surface area contributed by atoms with Gasteiger partial charge < -0.3 is 9.47 Å². The fourth-order valence-corrected chi connectivity index (χ4v) is 2.31. The molecule has 0 N–H and O–H groups in total. The highest BCUT2D eigenvalue weighted by atomic mass is 79.9. The van der Waals surface area contributed by atoms with Crippen molar-refractivity contribution in [2.24, 2.45) is 0 Å². The summed E-state index contributed by atoms with van der Waals surface area (Å²) in [5.74, 6) is 1.44. The van der Waals surface area contributed by atoms with Crippen LogP contribution in [0.15, 0.2) is 53.0 Å². The number of halogens is 1. The lowest BCUT2D eigenvalue weighted by atomic mass is 10.1. The predicted molar refractivity (Wildman–Crippen MR) is 84.9 cm³/mol. The average molecular weight is 345 g/mol. The van der Waals surface area contributed by atoms with Gasteiger partial charge in [-0.05, 0) is 48.0 Å². The summed E-state index contributed by atoms with van der Waals surface area (Å²) in [5, 5.41) is 0. The van der Waals surface area contributed by atoms with Gasteiger partial charge in [0.1, 0.15) is 13.2 Å². The third-order valence-corrected chi connectivity index (χ3v) is 3.65. The van der Waals surface area contributed by atoms with Crippen LogP contribution in [0.3, 0.4) is 0 Å². The van der Waals surface area contributed by atoms with E-state index in [-0.39, 0.29) is 5.78 Å². The van der Waals surface area contributed by atoms with Gasteiger partial charge in [0.15, 0.2) is 17.3 Å². The molecule has 0 unspecified atom stereocenters. The molecule has 0 fully saturated rings. The number of ether oxygens (including phenoxy) is 2. The molecule has 0 spiro atoms. The van der Waals surface area contributed by atoms with E-state index in [9.17, 15) is 4.79 Å². The summed E-state index contributed by atoms with van der Waals surface area (Å²) in [6.45, 7) is 1.13. The Bertz CT molecular complexity index is 690. The van der Waals surface area contributed by atoms with Crippen molar-refractivity contribution in [1.29, 1.82) is 0 Å². The number of benzene rings is 2. The zero-order chi connectivity index (χ0) is 14.7. The second kappa shape index (κ2) is 6.14. The van der Waals surface area contributed by atoms with Gasteiger partial charge in [0.05, 0.1) is 0 Å². The maximum Gasteiger partial charge on any atom is 0.185 e. The Balaban J connectivity index is 1.76. The quantitative estimate of drug-likeness (QED) is 0.620. The molecule has 2 aromatic rings. The van der Waals surface area contributed by atoms with Gasteiger partial charge in [-0.3, -0.25) is 4.79 Å². The van der Waals surface area contributed by atoms with Gasteiger partial charge in [0, 0.05) is 10.0 Å². The Labute approximate surface area is 131 Å². The molecule has 1 heterocycles. The summed E-state index contributed by atoms with van der Waals surface area (Å²) < 4.78 is 11.9. The molecule has 0 aromatic heterocycles. The van der Waals surface area contributed by atoms with Gasteiger partial charge in [0.25, 0.3) is 0 Å². The molecule has 0 amide bonds. The van der Waals surface area contributed by atoms with Gasteiger partial charge in [-0.15, -0.1) is 0 Å². The molecule has 0 bridgehead atoms. The Kier molecular flexibility index (Phi) is 4.06. The van der Waals surface area contributed by atoms with Crippen molar-refractivity contribution < 1.29 is 14.3 Å². The summed E-state index contributed by atoms with van der Waals surface area (Å²) in [5.41, 5.74) is 1.57. The molecule has 0 aliphatic carbocycles. The first-order chi connectivity index (χ1) is 10.2. The van der Waals surface area contributed by atoms with Crippen LogP contribution in [0.1, 0.15) is 15.9 Å². The van der Waals surface area contributed by atoms with E-state index < -0.39 is 0 Å². The van der Waals surface area contributed by atoms with Crippen molar-refractivity contribution in [3.63, 3.8) is 0 Å². The van der Waals surface area contributed by atoms with E-state index in [2.05, 4.69) is 15.9 Å². The standard InChI is InChI=1S/C17H13BrO3/c18-14-5-3-13(4-6-14)15(19)7-1-12-2-8-16-17(11-12)21-10-9-20-16/h1-8,11H,9-10H2. The lowest BCUT2D eigenvalue weighted by Gasteiger charge is -2.18. The maximum absolute atomic E-state index is 12.1. The Morgan fingerprint density at radius 2 is 1.71 bits per heavy atom. The van der Waals surface area contributed by atoms with E-state index in [0.717, 1.165) is 21.5 Å². The van der Waals surface area contributed by atoms with Crippen molar-refractivity contribution in [2.75, 3.05) is 13.2 Å². The molecule has 3 nitrogen and oxygen atoms in total. The molecule has 0 saturated carbocycles. The van der Waals surface area contributed by atoms with Crippen molar-refractivity contribution >= 4 is 27.8 Å². The lowest BCUT2D eigenvalue weighted by Crippen LogP contribution is -2.15. The topological polar surface area (TPSA) is 35.5 Å². The van der Waals surface area contributed by atoms with Crippen LogP contribution in [0.25, 0.3) is 6.08 Å². The summed E-state index contributed by atoms with van der Waals surface area (Å²) in [7, 11) is 0. The molecule has 3 rings (SSSR count). The van der Waals surface area contributed by atoms with Gasteiger partial charge in [-0.2, -0.15) is 0 Å². The van der Waals surface area contributed by atoms with E-state index in [4.69, 9.17) is 9.47 Å². The number of allylic oxidation sites excluding steroid dienone is 1. The number of hydrogen-bond donors (Lipinski definition) is 0. The maximum atomic E-state index is 12.1. The molecule has 21 heavy (non-hydrogen) atoms. The fourth-order valence-electron chi connectivity index (χ4n) is 2.05. The molecule has 4 heteroatoms. The molecule has 106 valence electrons. The monoisotopic (exact) mass is 344 g/mol. The third-order valence-electron chi connectivity index (χ3n) is 3.12. The van der Waals surface area contributed by atoms with Gasteiger partial charge >= 0.3 is 0 Å². The van der Waals surface area contributed by atoms with E-state index in [0.29, 0.717) is 18.8 Å². The molecular weight excluding hydrogens is 332 g/mol. The highest BCUT2D eigenvalue weighted by Crippen LogP contribution is 2.31. The molecule has 1 aliphatic heterocycles. The number of rotatable bonds is 3. The number of ketones is 1. The highest BCUT2D eigenvalue weighted by molar-refractivity contribution is 9.10. The average Bonchev–Trinajstić information content (AvgIpc) is 2.53. The summed E-state index contributed by atoms with van der Waals surface area (Å²) >= 11 is 3.35. The normalized spacial score (nSPS) is 13.4. The Morgan fingerprint density at radius 3 is 2.48 bits per heavy atom. The Morgan fingerprint density at radius 1 is 1.00 bits per heavy atom. The summed E-state index contributed by atoms with van der Waals surface area (Å²) in [6.07, 6.45) is 3.34. The van der Waals surface area contributed by atoms with Crippen LogP contribution in [0.2, 0.25) is 0 Å². The van der Waals surface area contributed by atoms with Crippen molar-refractivity contribution in [2.45, 2.75) is 0 Å². The van der Waals surface area contributed by atoms with Gasteiger partial charge in [0.2, 0.25) is 0 Å². The summed E-state index contributed by atoms with van der Waals surface area (Å²) in [6, 6.07) is 12.9. The fraction of sp³-hybridized carbons (Fsp3) is 0.118. The third kappa shape index (κ3) is 3.34. The van der Waals surface area contributed by atoms with Gasteiger partial charge in [-0.1, -0.05) is 28.1 Å². The second-order valence-electron chi connectivity index (χ2n) is 4.61. The first-order valence-corrected chi connectivity index (χ1v) is 7.39. The SMILES string of the molecule is O=C(C=Cc1ccc2c(c1)OCCO2)c1ccc(Br)cc1. The van der Waals surface area contributed by atoms with Crippen molar-refractivity contribution in [1.82, 2.24) is 0 Å². The molecule has 0 atom stereocenters. The van der Waals surface area contributed by atoms with E-state index in [1.807, 2.05) is 30.3 Å². The highest BCUT2D eigenvalue weighted by Gasteiger charge is 2.10. The van der Waals surface area contributed by atoms with Crippen LogP contribution in [-0.4, -0.2) is 19.0 Å². The molecule has 0 saturated heterocycles. The van der Waals surface area contributed by atoms with E-state index >= 15 is 0 Å². The van der Waals surface area contributed by atoms with Crippen molar-refractivity contribution in [3.8, 4) is 11.5 Å². The number of fused-ring (bicyclic) bond motifs is 1. The number of carbonyl (C=O) groups excluding carboxylic acids is 1. The van der Waals surface area contributed by atoms with Crippen LogP contribution in [0, 0.1) is 0 Å². The largest absolute Gasteiger partial charge is 0.486 e. The zero-order valence-corrected chi connectivity index (χ0v) is 12.8. The minimum absolute atomic E-state index is 0.0302. The molecule has 1 aliphatic rings.